The van der Waals surface area contributed by atoms with E-state index in [0.717, 1.165) is 17.7 Å². The summed E-state index contributed by atoms with van der Waals surface area (Å²) in [5.41, 5.74) is 7.50. The number of hydrogen-bond donors (Lipinski definition) is 1. The lowest BCUT2D eigenvalue weighted by Gasteiger charge is -2.35. The predicted molar refractivity (Wildman–Crippen MR) is 105 cm³/mol. The molecule has 0 bridgehead atoms. The van der Waals surface area contributed by atoms with Gasteiger partial charge in [0.15, 0.2) is 11.6 Å². The lowest BCUT2D eigenvalue weighted by molar-refractivity contribution is 0.243. The standard InChI is InChI=1S/C20H20ClF3N4/c1-11(12-4-2-3-5-13(12)21)28-19-9-16(24)15(23)8-18(19)26-20(28)27-7-6-14(22)17(25)10-27/h2-5,8-9,11,14,17H,6-7,10,25H2,1H3/t11?,14-,17-/m1/s1. The van der Waals surface area contributed by atoms with Crippen LogP contribution in [0.3, 0.4) is 0 Å². The Labute approximate surface area is 165 Å². The molecule has 2 N–H and O–H groups in total. The molecule has 0 radical (unpaired) electrons. The Bertz CT molecular complexity index is 1020. The number of alkyl halides is 1. The molecule has 4 nitrogen and oxygen atoms in total. The second-order valence-corrected chi connectivity index (χ2v) is 7.56. The fourth-order valence-corrected chi connectivity index (χ4v) is 4.06. The molecule has 1 saturated heterocycles. The average molecular weight is 409 g/mol. The molecule has 1 fully saturated rings. The molecule has 3 aromatic rings. The molecule has 0 amide bonds. The maximum atomic E-state index is 14.0. The van der Waals surface area contributed by atoms with Crippen LogP contribution in [0.2, 0.25) is 5.02 Å². The van der Waals surface area contributed by atoms with Crippen molar-refractivity contribution in [2.75, 3.05) is 18.0 Å². The van der Waals surface area contributed by atoms with Gasteiger partial charge in [0.2, 0.25) is 5.95 Å². The van der Waals surface area contributed by atoms with Crippen molar-refractivity contribution in [2.45, 2.75) is 31.6 Å². The van der Waals surface area contributed by atoms with E-state index in [9.17, 15) is 13.2 Å². The van der Waals surface area contributed by atoms with E-state index in [2.05, 4.69) is 4.98 Å². The van der Waals surface area contributed by atoms with Crippen molar-refractivity contribution in [3.8, 4) is 0 Å². The summed E-state index contributed by atoms with van der Waals surface area (Å²) in [5.74, 6) is -1.42. The molecular formula is C20H20ClF3N4. The van der Waals surface area contributed by atoms with E-state index in [1.165, 1.54) is 0 Å². The summed E-state index contributed by atoms with van der Waals surface area (Å²) in [6.45, 7) is 2.60. The molecule has 8 heteroatoms. The van der Waals surface area contributed by atoms with Crippen molar-refractivity contribution in [3.05, 3.63) is 58.6 Å². The van der Waals surface area contributed by atoms with E-state index in [4.69, 9.17) is 17.3 Å². The Morgan fingerprint density at radius 1 is 1.21 bits per heavy atom. The van der Waals surface area contributed by atoms with E-state index < -0.39 is 23.8 Å². The molecule has 0 saturated carbocycles. The highest BCUT2D eigenvalue weighted by Gasteiger charge is 2.31. The summed E-state index contributed by atoms with van der Waals surface area (Å²) in [6, 6.07) is 8.59. The molecule has 3 atom stereocenters. The van der Waals surface area contributed by atoms with Gasteiger partial charge in [0.25, 0.3) is 0 Å². The minimum absolute atomic E-state index is 0.269. The Morgan fingerprint density at radius 2 is 1.93 bits per heavy atom. The van der Waals surface area contributed by atoms with Gasteiger partial charge in [-0.1, -0.05) is 29.8 Å². The van der Waals surface area contributed by atoms with Crippen LogP contribution in [0, 0.1) is 11.6 Å². The highest BCUT2D eigenvalue weighted by atomic mass is 35.5. The maximum Gasteiger partial charge on any atom is 0.207 e. The third-order valence-corrected chi connectivity index (χ3v) is 5.65. The Morgan fingerprint density at radius 3 is 2.64 bits per heavy atom. The van der Waals surface area contributed by atoms with Gasteiger partial charge < -0.3 is 15.2 Å². The number of fused-ring (bicyclic) bond motifs is 1. The van der Waals surface area contributed by atoms with Gasteiger partial charge >= 0.3 is 0 Å². The normalized spacial score (nSPS) is 21.3. The van der Waals surface area contributed by atoms with E-state index in [1.807, 2.05) is 34.6 Å². The predicted octanol–water partition coefficient (Wildman–Crippen LogP) is 4.45. The summed E-state index contributed by atoms with van der Waals surface area (Å²) < 4.78 is 43.5. The second-order valence-electron chi connectivity index (χ2n) is 7.15. The molecule has 0 spiro atoms. The first-order valence-corrected chi connectivity index (χ1v) is 9.50. The van der Waals surface area contributed by atoms with Gasteiger partial charge in [0.1, 0.15) is 6.17 Å². The van der Waals surface area contributed by atoms with Crippen LogP contribution in [-0.2, 0) is 0 Å². The average Bonchev–Trinajstić information content (AvgIpc) is 3.02. The fourth-order valence-electron chi connectivity index (χ4n) is 3.77. The van der Waals surface area contributed by atoms with Crippen LogP contribution in [0.15, 0.2) is 36.4 Å². The summed E-state index contributed by atoms with van der Waals surface area (Å²) in [5, 5.41) is 0.560. The Kier molecular flexibility index (Phi) is 4.97. The maximum absolute atomic E-state index is 14.0. The molecule has 2 aromatic carbocycles. The lowest BCUT2D eigenvalue weighted by atomic mass is 10.0. The number of hydrogen-bond acceptors (Lipinski definition) is 3. The van der Waals surface area contributed by atoms with Crippen LogP contribution in [0.1, 0.15) is 24.9 Å². The number of piperidine rings is 1. The number of aromatic nitrogens is 2. The summed E-state index contributed by atoms with van der Waals surface area (Å²) in [6.07, 6.45) is -0.807. The lowest BCUT2D eigenvalue weighted by Crippen LogP contribution is -2.50. The first kappa shape index (κ1) is 19.1. The topological polar surface area (TPSA) is 47.1 Å². The van der Waals surface area contributed by atoms with E-state index in [0.29, 0.717) is 28.5 Å². The zero-order valence-corrected chi connectivity index (χ0v) is 16.0. The minimum atomic E-state index is -1.08. The highest BCUT2D eigenvalue weighted by molar-refractivity contribution is 6.31. The van der Waals surface area contributed by atoms with Gasteiger partial charge in [0.05, 0.1) is 23.1 Å². The van der Waals surface area contributed by atoms with Crippen molar-refractivity contribution in [1.82, 2.24) is 9.55 Å². The number of halogens is 4. The van der Waals surface area contributed by atoms with Crippen molar-refractivity contribution < 1.29 is 13.2 Å². The van der Waals surface area contributed by atoms with Crippen LogP contribution in [0.25, 0.3) is 11.0 Å². The van der Waals surface area contributed by atoms with Crippen molar-refractivity contribution in [2.24, 2.45) is 5.73 Å². The molecule has 1 aromatic heterocycles. The van der Waals surface area contributed by atoms with Crippen LogP contribution in [0.4, 0.5) is 19.1 Å². The largest absolute Gasteiger partial charge is 0.340 e. The number of nitrogens with two attached hydrogens (primary N) is 1. The quantitative estimate of drug-likeness (QED) is 0.696. The van der Waals surface area contributed by atoms with Gasteiger partial charge in [-0.15, -0.1) is 0 Å². The van der Waals surface area contributed by atoms with E-state index >= 15 is 0 Å². The second kappa shape index (κ2) is 7.29. The van der Waals surface area contributed by atoms with Gasteiger partial charge in [0, 0.05) is 30.2 Å². The fraction of sp³-hybridized carbons (Fsp3) is 0.350. The number of benzene rings is 2. The van der Waals surface area contributed by atoms with Gasteiger partial charge in [-0.2, -0.15) is 0 Å². The molecule has 2 heterocycles. The van der Waals surface area contributed by atoms with Crippen LogP contribution in [-0.4, -0.2) is 34.9 Å². The molecular weight excluding hydrogens is 389 g/mol. The van der Waals surface area contributed by atoms with E-state index in [1.54, 1.807) is 6.07 Å². The Balaban J connectivity index is 1.89. The third kappa shape index (κ3) is 3.22. The third-order valence-electron chi connectivity index (χ3n) is 5.31. The highest BCUT2D eigenvalue weighted by Crippen LogP contribution is 2.35. The van der Waals surface area contributed by atoms with Crippen molar-refractivity contribution in [3.63, 3.8) is 0 Å². The smallest absolute Gasteiger partial charge is 0.207 e. The minimum Gasteiger partial charge on any atom is -0.340 e. The van der Waals surface area contributed by atoms with Gasteiger partial charge in [-0.05, 0) is 25.0 Å². The van der Waals surface area contributed by atoms with Crippen LogP contribution < -0.4 is 10.6 Å². The van der Waals surface area contributed by atoms with Crippen molar-refractivity contribution in [1.29, 1.82) is 0 Å². The first-order valence-electron chi connectivity index (χ1n) is 9.13. The molecule has 1 unspecified atom stereocenters. The van der Waals surface area contributed by atoms with Gasteiger partial charge in [-0.3, -0.25) is 0 Å². The summed E-state index contributed by atoms with van der Waals surface area (Å²) in [4.78, 5) is 6.40. The van der Waals surface area contributed by atoms with Crippen LogP contribution >= 0.6 is 11.6 Å². The summed E-state index contributed by atoms with van der Waals surface area (Å²) in [7, 11) is 0. The number of anilines is 1. The monoisotopic (exact) mass is 408 g/mol. The molecule has 28 heavy (non-hydrogen) atoms. The van der Waals surface area contributed by atoms with Crippen molar-refractivity contribution >= 4 is 28.6 Å². The van der Waals surface area contributed by atoms with E-state index in [-0.39, 0.29) is 19.0 Å². The van der Waals surface area contributed by atoms with Gasteiger partial charge in [-0.25, -0.2) is 18.2 Å². The van der Waals surface area contributed by atoms with Crippen LogP contribution in [0.5, 0.6) is 0 Å². The Hall–Kier alpha value is -2.25. The zero-order chi connectivity index (χ0) is 20.0. The number of imidazole rings is 1. The summed E-state index contributed by atoms with van der Waals surface area (Å²) >= 11 is 6.37. The molecule has 0 aliphatic carbocycles. The number of nitrogens with zero attached hydrogens (tertiary/aromatic N) is 3. The molecule has 148 valence electrons. The SMILES string of the molecule is CC(c1ccccc1Cl)n1c(N2CC[C@@H](F)[C@H](N)C2)nc2cc(F)c(F)cc21. The number of rotatable bonds is 3. The molecule has 1 aliphatic heterocycles. The zero-order valence-electron chi connectivity index (χ0n) is 15.2. The first-order chi connectivity index (χ1) is 13.4. The molecule has 1 aliphatic rings. The molecule has 4 rings (SSSR count).